The lowest BCUT2D eigenvalue weighted by atomic mass is 9.95. The summed E-state index contributed by atoms with van der Waals surface area (Å²) in [4.78, 5) is 35.1. The van der Waals surface area contributed by atoms with E-state index in [1.54, 1.807) is 17.8 Å². The molecule has 0 aromatic heterocycles. The van der Waals surface area contributed by atoms with Crippen LogP contribution in [0.2, 0.25) is 5.02 Å². The van der Waals surface area contributed by atoms with Gasteiger partial charge in [-0.05, 0) is 18.2 Å². The number of carbonyl (C=O) groups is 2. The molecule has 1 saturated heterocycles. The number of benzene rings is 1. The molecule has 4 rings (SSSR count). The molecule has 3 aliphatic rings. The Morgan fingerprint density at radius 2 is 2.32 bits per heavy atom. The first-order chi connectivity index (χ1) is 16.5. The third kappa shape index (κ3) is 5.57. The number of hydrogen-bond donors (Lipinski definition) is 1. The summed E-state index contributed by atoms with van der Waals surface area (Å²) in [5, 5.41) is 4.22. The van der Waals surface area contributed by atoms with Crippen LogP contribution < -0.4 is 5.32 Å². The summed E-state index contributed by atoms with van der Waals surface area (Å²) in [6, 6.07) is 3.24. The van der Waals surface area contributed by atoms with Crippen LogP contribution in [-0.4, -0.2) is 79.8 Å². The molecule has 0 radical (unpaired) electrons. The lowest BCUT2D eigenvalue weighted by molar-refractivity contribution is -0.136. The number of methoxy groups -OCH3 is 1. The number of aldehydes is 1. The number of nitrogens with zero attached hydrogens (tertiary/aromatic N) is 3. The molecule has 34 heavy (non-hydrogen) atoms. The van der Waals surface area contributed by atoms with Gasteiger partial charge in [0.1, 0.15) is 23.2 Å². The average molecular weight is 507 g/mol. The average Bonchev–Trinajstić information content (AvgIpc) is 3.37. The Balaban J connectivity index is 1.73. The van der Waals surface area contributed by atoms with Crippen LogP contribution in [0.15, 0.2) is 51.6 Å². The van der Waals surface area contributed by atoms with Gasteiger partial charge in [-0.3, -0.25) is 19.7 Å². The van der Waals surface area contributed by atoms with Gasteiger partial charge in [0.15, 0.2) is 5.84 Å². The highest BCUT2D eigenvalue weighted by Crippen LogP contribution is 2.37. The first-order valence-electron chi connectivity index (χ1n) is 10.7. The van der Waals surface area contributed by atoms with Crippen LogP contribution in [-0.2, 0) is 19.1 Å². The number of amidine groups is 1. The Hall–Kier alpha value is -2.53. The van der Waals surface area contributed by atoms with Crippen molar-refractivity contribution < 1.29 is 23.5 Å². The van der Waals surface area contributed by atoms with Crippen molar-refractivity contribution in [2.75, 3.05) is 45.6 Å². The summed E-state index contributed by atoms with van der Waals surface area (Å²) in [6.07, 6.45) is 3.60. The van der Waals surface area contributed by atoms with Crippen molar-refractivity contribution in [2.24, 2.45) is 9.98 Å². The minimum atomic E-state index is -0.789. The third-order valence-electron chi connectivity index (χ3n) is 5.54. The van der Waals surface area contributed by atoms with Crippen molar-refractivity contribution in [1.29, 1.82) is 0 Å². The molecule has 2 atom stereocenters. The van der Waals surface area contributed by atoms with Gasteiger partial charge in [-0.15, -0.1) is 11.8 Å². The quantitative estimate of drug-likeness (QED) is 0.345. The van der Waals surface area contributed by atoms with Crippen molar-refractivity contribution in [1.82, 2.24) is 10.2 Å². The second-order valence-corrected chi connectivity index (χ2v) is 9.25. The van der Waals surface area contributed by atoms with Gasteiger partial charge < -0.3 is 14.8 Å². The van der Waals surface area contributed by atoms with Crippen LogP contribution in [0, 0.1) is 5.82 Å². The number of carbonyl (C=O) groups excluding carboxylic acids is 2. The first-order valence-corrected chi connectivity index (χ1v) is 12.1. The molecule has 3 aliphatic heterocycles. The maximum atomic E-state index is 13.8. The summed E-state index contributed by atoms with van der Waals surface area (Å²) in [5.74, 6) is 0.354. The molecule has 1 fully saturated rings. The molecular formula is C23H24ClFN4O4S. The van der Waals surface area contributed by atoms with Gasteiger partial charge in [0.05, 0.1) is 25.4 Å². The van der Waals surface area contributed by atoms with E-state index in [4.69, 9.17) is 26.1 Å². The van der Waals surface area contributed by atoms with Crippen molar-refractivity contribution in [3.63, 3.8) is 0 Å². The minimum Gasteiger partial charge on any atom is -0.466 e. The van der Waals surface area contributed by atoms with Gasteiger partial charge in [0, 0.05) is 48.2 Å². The van der Waals surface area contributed by atoms with Crippen molar-refractivity contribution in [2.45, 2.75) is 12.1 Å². The molecule has 0 aliphatic carbocycles. The lowest BCUT2D eigenvalue weighted by Crippen LogP contribution is -2.46. The number of allylic oxidation sites excluding steroid dienone is 1. The van der Waals surface area contributed by atoms with E-state index in [1.165, 1.54) is 31.4 Å². The Labute approximate surface area is 205 Å². The lowest BCUT2D eigenvalue weighted by Gasteiger charge is -2.34. The van der Waals surface area contributed by atoms with Crippen molar-refractivity contribution in [3.05, 3.63) is 58.0 Å². The molecule has 0 unspecified atom stereocenters. The second-order valence-electron chi connectivity index (χ2n) is 7.76. The fraction of sp³-hybridized carbons (Fsp3) is 0.391. The van der Waals surface area contributed by atoms with Crippen LogP contribution in [0.1, 0.15) is 11.6 Å². The minimum absolute atomic E-state index is 0.169. The van der Waals surface area contributed by atoms with Gasteiger partial charge >= 0.3 is 5.97 Å². The summed E-state index contributed by atoms with van der Waals surface area (Å²) in [7, 11) is 1.31. The van der Waals surface area contributed by atoms with Gasteiger partial charge in [0.25, 0.3) is 0 Å². The molecule has 180 valence electrons. The Morgan fingerprint density at radius 1 is 1.47 bits per heavy atom. The number of nitrogens with one attached hydrogen (secondary N) is 1. The van der Waals surface area contributed by atoms with Crippen LogP contribution in [0.5, 0.6) is 0 Å². The standard InChI is InChI=1S/C23H24ClFN4O4S/c1-32-23(31)19-18(13-29-7-9-33-15(12-29)3-2-8-30)27-21(22-26-6-10-34-22)28-20(19)16-5-4-14(25)11-17(16)24/h2-5,8,11,15,20H,6-7,9-10,12-13H2,1H3,(H,27,28)/b3-2+/t15-,20+/m1/s1. The van der Waals surface area contributed by atoms with Gasteiger partial charge in [-0.25, -0.2) is 9.18 Å². The molecule has 1 aromatic carbocycles. The molecule has 1 N–H and O–H groups in total. The van der Waals surface area contributed by atoms with E-state index < -0.39 is 17.8 Å². The molecule has 0 amide bonds. The zero-order valence-electron chi connectivity index (χ0n) is 18.5. The van der Waals surface area contributed by atoms with Gasteiger partial charge in [-0.1, -0.05) is 23.7 Å². The highest BCUT2D eigenvalue weighted by Gasteiger charge is 2.35. The van der Waals surface area contributed by atoms with Crippen LogP contribution in [0.4, 0.5) is 4.39 Å². The molecule has 11 heteroatoms. The van der Waals surface area contributed by atoms with E-state index in [9.17, 15) is 14.0 Å². The number of halogens is 2. The molecule has 3 heterocycles. The molecule has 8 nitrogen and oxygen atoms in total. The predicted octanol–water partition coefficient (Wildman–Crippen LogP) is 2.55. The number of aliphatic imine (C=N–C) groups is 2. The van der Waals surface area contributed by atoms with Crippen molar-refractivity contribution >= 4 is 46.5 Å². The fourth-order valence-electron chi connectivity index (χ4n) is 3.99. The van der Waals surface area contributed by atoms with Crippen LogP contribution in [0.25, 0.3) is 0 Å². The van der Waals surface area contributed by atoms with Crippen molar-refractivity contribution in [3.8, 4) is 0 Å². The molecular weight excluding hydrogens is 483 g/mol. The second kappa shape index (κ2) is 11.3. The number of hydrogen-bond acceptors (Lipinski definition) is 9. The highest BCUT2D eigenvalue weighted by molar-refractivity contribution is 8.16. The number of morpholine rings is 1. The summed E-state index contributed by atoms with van der Waals surface area (Å²) in [6.45, 7) is 2.71. The number of ether oxygens (including phenoxy) is 2. The van der Waals surface area contributed by atoms with Gasteiger partial charge in [0.2, 0.25) is 0 Å². The zero-order chi connectivity index (χ0) is 24.1. The number of thioether (sulfide) groups is 1. The molecule has 1 aromatic rings. The molecule has 0 spiro atoms. The predicted molar refractivity (Wildman–Crippen MR) is 130 cm³/mol. The first kappa shape index (κ1) is 24.6. The maximum Gasteiger partial charge on any atom is 0.338 e. The summed E-state index contributed by atoms with van der Waals surface area (Å²) < 4.78 is 24.6. The molecule has 0 bridgehead atoms. The number of esters is 1. The Bertz CT molecular complexity index is 1090. The number of rotatable bonds is 7. The largest absolute Gasteiger partial charge is 0.466 e. The maximum absolute atomic E-state index is 13.8. The Morgan fingerprint density at radius 3 is 3.03 bits per heavy atom. The topological polar surface area (TPSA) is 92.6 Å². The van der Waals surface area contributed by atoms with Crippen LogP contribution >= 0.6 is 23.4 Å². The SMILES string of the molecule is COC(=O)C1=C(CN2CCO[C@H](/C=C/C=O)C2)NC(C2=NCCS2)=N[C@H]1c1ccc(F)cc1Cl. The van der Waals surface area contributed by atoms with Crippen LogP contribution in [0.3, 0.4) is 0 Å². The van der Waals surface area contributed by atoms with E-state index in [1.807, 2.05) is 0 Å². The van der Waals surface area contributed by atoms with E-state index >= 15 is 0 Å². The smallest absolute Gasteiger partial charge is 0.338 e. The molecule has 0 saturated carbocycles. The summed E-state index contributed by atoms with van der Waals surface area (Å²) in [5.41, 5.74) is 1.41. The summed E-state index contributed by atoms with van der Waals surface area (Å²) >= 11 is 7.96. The fourth-order valence-corrected chi connectivity index (χ4v) is 5.06. The normalized spacial score (nSPS) is 23.5. The van der Waals surface area contributed by atoms with E-state index in [-0.39, 0.29) is 11.1 Å². The van der Waals surface area contributed by atoms with E-state index in [2.05, 4.69) is 15.2 Å². The van der Waals surface area contributed by atoms with Gasteiger partial charge in [-0.2, -0.15) is 0 Å². The van der Waals surface area contributed by atoms with E-state index in [0.29, 0.717) is 61.7 Å². The Kier molecular flexibility index (Phi) is 8.15. The van der Waals surface area contributed by atoms with E-state index in [0.717, 1.165) is 10.8 Å². The monoisotopic (exact) mass is 506 g/mol. The third-order valence-corrected chi connectivity index (χ3v) is 6.85. The highest BCUT2D eigenvalue weighted by atomic mass is 35.5. The zero-order valence-corrected chi connectivity index (χ0v) is 20.1.